The van der Waals surface area contributed by atoms with Crippen LogP contribution in [-0.2, 0) is 11.2 Å². The molecule has 11 nitrogen and oxygen atoms in total. The molecule has 264 valence electrons. The molecule has 1 fully saturated rings. The Morgan fingerprint density at radius 2 is 1.86 bits per heavy atom. The maximum absolute atomic E-state index is 15.5. The highest BCUT2D eigenvalue weighted by atomic mass is 19.1. The SMILES string of the molecule is COc1cc2c(Oc3ccc(NC(=O)c4c5c(cn(-c6ccc(F)cc6)c4=O)CCO5)cc3F)ccnc2cc1OCCCN1CCC(OC)C1. The van der Waals surface area contributed by atoms with E-state index >= 15 is 4.39 Å². The first-order valence-electron chi connectivity index (χ1n) is 16.6. The summed E-state index contributed by atoms with van der Waals surface area (Å²) in [6, 6.07) is 14.4. The molecule has 0 aliphatic carbocycles. The van der Waals surface area contributed by atoms with Crippen LogP contribution in [0.5, 0.6) is 28.7 Å². The maximum Gasteiger partial charge on any atom is 0.271 e. The molecule has 1 N–H and O–H groups in total. The average molecular weight is 699 g/mol. The number of anilines is 1. The fraction of sp³-hybridized carbons (Fsp3) is 0.289. The number of rotatable bonds is 12. The molecule has 7 rings (SSSR count). The van der Waals surface area contributed by atoms with Crippen LogP contribution in [0.1, 0.15) is 28.8 Å². The number of aromatic nitrogens is 2. The monoisotopic (exact) mass is 698 g/mol. The highest BCUT2D eigenvalue weighted by Gasteiger charge is 2.27. The molecule has 2 aliphatic rings. The van der Waals surface area contributed by atoms with Gasteiger partial charge in [-0.1, -0.05) is 0 Å². The van der Waals surface area contributed by atoms with E-state index in [-0.39, 0.29) is 28.9 Å². The third-order valence-corrected chi connectivity index (χ3v) is 9.02. The molecule has 0 spiro atoms. The zero-order valence-electron chi connectivity index (χ0n) is 28.1. The number of likely N-dealkylation sites (tertiary alicyclic amines) is 1. The fourth-order valence-electron chi connectivity index (χ4n) is 6.38. The van der Waals surface area contributed by atoms with Crippen LogP contribution >= 0.6 is 0 Å². The Hall–Kier alpha value is -5.53. The Balaban J connectivity index is 1.06. The lowest BCUT2D eigenvalue weighted by molar-refractivity contribution is 0.102. The highest BCUT2D eigenvalue weighted by molar-refractivity contribution is 6.06. The van der Waals surface area contributed by atoms with Gasteiger partial charge in [0.15, 0.2) is 23.1 Å². The van der Waals surface area contributed by atoms with Crippen molar-refractivity contribution in [3.8, 4) is 34.4 Å². The number of hydrogen-bond donors (Lipinski definition) is 1. The second-order valence-electron chi connectivity index (χ2n) is 12.3. The number of methoxy groups -OCH3 is 2. The minimum Gasteiger partial charge on any atom is -0.493 e. The molecule has 4 heterocycles. The van der Waals surface area contributed by atoms with E-state index in [4.69, 9.17) is 23.7 Å². The Kier molecular flexibility index (Phi) is 9.82. The van der Waals surface area contributed by atoms with Crippen molar-refractivity contribution in [3.05, 3.63) is 106 Å². The zero-order valence-corrected chi connectivity index (χ0v) is 28.1. The number of pyridine rings is 2. The van der Waals surface area contributed by atoms with Crippen LogP contribution in [0.3, 0.4) is 0 Å². The van der Waals surface area contributed by atoms with Gasteiger partial charge < -0.3 is 33.9 Å². The maximum atomic E-state index is 15.5. The second-order valence-corrected chi connectivity index (χ2v) is 12.3. The molecular weight excluding hydrogens is 662 g/mol. The van der Waals surface area contributed by atoms with Crippen LogP contribution in [0.2, 0.25) is 0 Å². The van der Waals surface area contributed by atoms with Crippen molar-refractivity contribution in [1.29, 1.82) is 0 Å². The van der Waals surface area contributed by atoms with Crippen LogP contribution in [0, 0.1) is 11.6 Å². The average Bonchev–Trinajstić information content (AvgIpc) is 3.80. The predicted octanol–water partition coefficient (Wildman–Crippen LogP) is 6.14. The van der Waals surface area contributed by atoms with Crippen LogP contribution in [0.25, 0.3) is 16.6 Å². The normalized spacial score (nSPS) is 15.4. The van der Waals surface area contributed by atoms with Gasteiger partial charge in [-0.25, -0.2) is 8.78 Å². The van der Waals surface area contributed by atoms with Crippen molar-refractivity contribution in [1.82, 2.24) is 14.5 Å². The molecule has 1 atom stereocenters. The molecule has 0 radical (unpaired) electrons. The van der Waals surface area contributed by atoms with Crippen LogP contribution in [0.15, 0.2) is 77.9 Å². The largest absolute Gasteiger partial charge is 0.493 e. The summed E-state index contributed by atoms with van der Waals surface area (Å²) in [5.74, 6) is -0.555. The van der Waals surface area contributed by atoms with Crippen molar-refractivity contribution >= 4 is 22.5 Å². The molecule has 2 aliphatic heterocycles. The first-order valence-corrected chi connectivity index (χ1v) is 16.6. The van der Waals surface area contributed by atoms with Crippen LogP contribution in [-0.4, -0.2) is 73.5 Å². The Bertz CT molecular complexity index is 2140. The molecule has 13 heteroatoms. The smallest absolute Gasteiger partial charge is 0.271 e. The minimum atomic E-state index is -0.774. The van der Waals surface area contributed by atoms with Gasteiger partial charge in [0.1, 0.15) is 22.9 Å². The number of halogens is 2. The molecule has 1 saturated heterocycles. The number of fused-ring (bicyclic) bond motifs is 2. The number of amides is 1. The fourth-order valence-corrected chi connectivity index (χ4v) is 6.38. The molecular formula is C38H36F2N4O7. The molecule has 0 saturated carbocycles. The molecule has 1 amide bonds. The van der Waals surface area contributed by atoms with E-state index in [0.717, 1.165) is 38.5 Å². The summed E-state index contributed by atoms with van der Waals surface area (Å²) in [6.07, 6.45) is 5.77. The Morgan fingerprint density at radius 1 is 1.02 bits per heavy atom. The lowest BCUT2D eigenvalue weighted by Crippen LogP contribution is -2.29. The van der Waals surface area contributed by atoms with Gasteiger partial charge in [0.05, 0.1) is 31.9 Å². The van der Waals surface area contributed by atoms with E-state index in [1.807, 2.05) is 0 Å². The lowest BCUT2D eigenvalue weighted by Gasteiger charge is -2.17. The van der Waals surface area contributed by atoms with Crippen molar-refractivity contribution in [2.24, 2.45) is 0 Å². The summed E-state index contributed by atoms with van der Waals surface area (Å²) in [7, 11) is 3.29. The van der Waals surface area contributed by atoms with Crippen molar-refractivity contribution in [3.63, 3.8) is 0 Å². The number of carbonyl (C=O) groups is 1. The molecule has 1 unspecified atom stereocenters. The van der Waals surface area contributed by atoms with Crippen molar-refractivity contribution in [2.45, 2.75) is 25.4 Å². The summed E-state index contributed by atoms with van der Waals surface area (Å²) >= 11 is 0. The lowest BCUT2D eigenvalue weighted by atomic mass is 10.1. The number of benzene rings is 3. The number of nitrogens with zero attached hydrogens (tertiary/aromatic N) is 3. The molecule has 3 aromatic carbocycles. The van der Waals surface area contributed by atoms with Gasteiger partial charge in [0, 0.05) is 80.0 Å². The first-order chi connectivity index (χ1) is 24.8. The standard InChI is InChI=1S/C38H36F2N4O7/c1-47-27-11-15-43(22-27)14-3-16-49-34-20-30-28(19-33(34)48-2)31(10-13-41-30)51-32-9-6-25(18-29(32)40)42-37(45)35-36-23(12-17-50-36)21-44(38(35)46)26-7-4-24(39)5-8-26/h4-10,13,18-21,27H,3,11-12,14-17,22H2,1-2H3,(H,42,45). The second kappa shape index (κ2) is 14.8. The van der Waals surface area contributed by atoms with E-state index in [1.165, 1.54) is 41.0 Å². The molecule has 2 aromatic heterocycles. The van der Waals surface area contributed by atoms with E-state index in [1.54, 1.807) is 44.8 Å². The topological polar surface area (TPSA) is 113 Å². The summed E-state index contributed by atoms with van der Waals surface area (Å²) in [6.45, 7) is 3.62. The van der Waals surface area contributed by atoms with Crippen LogP contribution in [0.4, 0.5) is 14.5 Å². The van der Waals surface area contributed by atoms with Crippen molar-refractivity contribution < 1.29 is 37.3 Å². The third kappa shape index (κ3) is 7.21. The summed E-state index contributed by atoms with van der Waals surface area (Å²) < 4.78 is 59.0. The predicted molar refractivity (Wildman–Crippen MR) is 186 cm³/mol. The molecule has 5 aromatic rings. The number of carbonyl (C=O) groups excluding carboxylic acids is 1. The number of nitrogens with one attached hydrogen (secondary N) is 1. The van der Waals surface area contributed by atoms with E-state index in [0.29, 0.717) is 59.0 Å². The van der Waals surface area contributed by atoms with Gasteiger partial charge in [-0.15, -0.1) is 0 Å². The first kappa shape index (κ1) is 33.9. The van der Waals surface area contributed by atoms with Gasteiger partial charge in [-0.05, 0) is 61.4 Å². The van der Waals surface area contributed by atoms with Crippen molar-refractivity contribution in [2.75, 3.05) is 52.4 Å². The number of hydrogen-bond acceptors (Lipinski definition) is 9. The minimum absolute atomic E-state index is 0.0967. The van der Waals surface area contributed by atoms with E-state index < -0.39 is 23.1 Å². The van der Waals surface area contributed by atoms with E-state index in [2.05, 4.69) is 15.2 Å². The number of ether oxygens (including phenoxy) is 5. The Labute approximate surface area is 292 Å². The Morgan fingerprint density at radius 3 is 2.63 bits per heavy atom. The van der Waals surface area contributed by atoms with Crippen LogP contribution < -0.4 is 29.8 Å². The van der Waals surface area contributed by atoms with Gasteiger partial charge >= 0.3 is 0 Å². The van der Waals surface area contributed by atoms with Gasteiger partial charge in [-0.3, -0.25) is 19.1 Å². The van der Waals surface area contributed by atoms with Gasteiger partial charge in [0.2, 0.25) is 0 Å². The summed E-state index contributed by atoms with van der Waals surface area (Å²) in [5, 5.41) is 3.18. The quantitative estimate of drug-likeness (QED) is 0.154. The molecule has 51 heavy (non-hydrogen) atoms. The highest BCUT2D eigenvalue weighted by Crippen LogP contribution is 2.38. The zero-order chi connectivity index (χ0) is 35.5. The molecule has 0 bridgehead atoms. The van der Waals surface area contributed by atoms with E-state index in [9.17, 15) is 14.0 Å². The summed E-state index contributed by atoms with van der Waals surface area (Å²) in [5.41, 5.74) is 0.812. The van der Waals surface area contributed by atoms with Gasteiger partial charge in [0.25, 0.3) is 11.5 Å². The van der Waals surface area contributed by atoms with Gasteiger partial charge in [-0.2, -0.15) is 0 Å². The summed E-state index contributed by atoms with van der Waals surface area (Å²) in [4.78, 5) is 33.8. The third-order valence-electron chi connectivity index (χ3n) is 9.02.